The van der Waals surface area contributed by atoms with Gasteiger partial charge in [0, 0.05) is 24.9 Å². The number of allylic oxidation sites excluding steroid dienone is 2. The summed E-state index contributed by atoms with van der Waals surface area (Å²) in [5, 5.41) is 8.85. The maximum atomic E-state index is 13.0. The van der Waals surface area contributed by atoms with E-state index in [1.807, 2.05) is 20.6 Å². The van der Waals surface area contributed by atoms with Crippen LogP contribution in [0.5, 0.6) is 0 Å². The third-order valence-electron chi connectivity index (χ3n) is 5.83. The van der Waals surface area contributed by atoms with Crippen molar-refractivity contribution in [1.82, 2.24) is 16.0 Å². The maximum absolute atomic E-state index is 13.0. The Labute approximate surface area is 180 Å². The van der Waals surface area contributed by atoms with Crippen LogP contribution in [-0.4, -0.2) is 43.6 Å². The molecule has 168 valence electrons. The van der Waals surface area contributed by atoms with Crippen molar-refractivity contribution < 1.29 is 19.2 Å². The molecule has 4 atom stereocenters. The number of fused-ring (bicyclic) bond motifs is 1. The number of carbonyl (C=O) groups excluding carboxylic acids is 4. The SMILES string of the molecule is C=CC(=C)CC1CCCC2CNC(=O)C2CCNC(=O)C(CC(C)C)NC1=O.C=O. The summed E-state index contributed by atoms with van der Waals surface area (Å²) >= 11 is 0. The molecular weight excluding hydrogens is 382 g/mol. The zero-order chi connectivity index (χ0) is 22.7. The number of hydrogen-bond donors (Lipinski definition) is 3. The van der Waals surface area contributed by atoms with Gasteiger partial charge in [0.2, 0.25) is 17.7 Å². The van der Waals surface area contributed by atoms with Crippen LogP contribution in [0.4, 0.5) is 0 Å². The van der Waals surface area contributed by atoms with Crippen LogP contribution in [0.3, 0.4) is 0 Å². The normalized spacial score (nSPS) is 27.6. The van der Waals surface area contributed by atoms with E-state index in [1.54, 1.807) is 6.08 Å². The molecule has 7 nitrogen and oxygen atoms in total. The highest BCUT2D eigenvalue weighted by atomic mass is 16.2. The van der Waals surface area contributed by atoms with Crippen molar-refractivity contribution in [2.45, 2.75) is 58.4 Å². The first kappa shape index (κ1) is 25.6. The minimum atomic E-state index is -0.555. The Morgan fingerprint density at radius 1 is 1.07 bits per heavy atom. The zero-order valence-electron chi connectivity index (χ0n) is 18.4. The summed E-state index contributed by atoms with van der Waals surface area (Å²) < 4.78 is 0. The van der Waals surface area contributed by atoms with E-state index in [0.29, 0.717) is 38.8 Å². The number of amides is 3. The van der Waals surface area contributed by atoms with Gasteiger partial charge in [0.15, 0.2) is 0 Å². The zero-order valence-corrected chi connectivity index (χ0v) is 18.4. The fourth-order valence-electron chi connectivity index (χ4n) is 4.21. The monoisotopic (exact) mass is 419 g/mol. The Morgan fingerprint density at radius 2 is 1.77 bits per heavy atom. The Bertz CT molecular complexity index is 632. The molecule has 0 aromatic carbocycles. The summed E-state index contributed by atoms with van der Waals surface area (Å²) in [6, 6.07) is -0.555. The van der Waals surface area contributed by atoms with Crippen molar-refractivity contribution in [3.05, 3.63) is 24.8 Å². The molecular formula is C23H37N3O4. The van der Waals surface area contributed by atoms with Crippen LogP contribution >= 0.6 is 0 Å². The van der Waals surface area contributed by atoms with Crippen molar-refractivity contribution >= 4 is 24.5 Å². The molecule has 4 unspecified atom stereocenters. The molecule has 0 spiro atoms. The molecule has 2 fully saturated rings. The standard InChI is InChI=1S/C22H35N3O3.CH2O/c1-5-15(4)12-16-7-6-8-17-13-24-21(27)18(17)9-10-23-22(28)19(11-14(2)3)25-20(16)26;1-2/h5,14,16-19H,1,4,6-13H2,2-3H3,(H,23,28)(H,24,27)(H,25,26);1H2. The Morgan fingerprint density at radius 3 is 2.40 bits per heavy atom. The molecule has 0 aromatic heterocycles. The van der Waals surface area contributed by atoms with Gasteiger partial charge in [-0.05, 0) is 43.9 Å². The van der Waals surface area contributed by atoms with E-state index in [4.69, 9.17) is 4.79 Å². The number of rotatable bonds is 5. The van der Waals surface area contributed by atoms with Gasteiger partial charge in [-0.25, -0.2) is 0 Å². The van der Waals surface area contributed by atoms with E-state index >= 15 is 0 Å². The Kier molecular flexibility index (Phi) is 11.1. The van der Waals surface area contributed by atoms with E-state index < -0.39 is 6.04 Å². The first-order valence-corrected chi connectivity index (χ1v) is 10.8. The minimum absolute atomic E-state index is 0.0603. The van der Waals surface area contributed by atoms with Crippen molar-refractivity contribution in [3.63, 3.8) is 0 Å². The summed E-state index contributed by atoms with van der Waals surface area (Å²) in [5.41, 5.74) is 0.824. The van der Waals surface area contributed by atoms with Crippen LogP contribution in [0, 0.1) is 23.7 Å². The maximum Gasteiger partial charge on any atom is 0.242 e. The van der Waals surface area contributed by atoms with Gasteiger partial charge in [-0.2, -0.15) is 0 Å². The Balaban J connectivity index is 0.00000218. The highest BCUT2D eigenvalue weighted by Crippen LogP contribution is 2.28. The summed E-state index contributed by atoms with van der Waals surface area (Å²) in [6.07, 6.45) is 5.93. The summed E-state index contributed by atoms with van der Waals surface area (Å²) in [7, 11) is 0. The summed E-state index contributed by atoms with van der Waals surface area (Å²) in [4.78, 5) is 45.8. The molecule has 2 aliphatic rings. The predicted molar refractivity (Wildman–Crippen MR) is 117 cm³/mol. The second-order valence-electron chi connectivity index (χ2n) is 8.58. The molecule has 2 aliphatic heterocycles. The smallest absolute Gasteiger partial charge is 0.242 e. The lowest BCUT2D eigenvalue weighted by atomic mass is 9.86. The van der Waals surface area contributed by atoms with Gasteiger partial charge < -0.3 is 20.7 Å². The number of hydrogen-bond acceptors (Lipinski definition) is 4. The minimum Gasteiger partial charge on any atom is -0.356 e. The fraction of sp³-hybridized carbons (Fsp3) is 0.652. The van der Waals surface area contributed by atoms with E-state index in [1.165, 1.54) is 0 Å². The number of carbonyl (C=O) groups is 4. The van der Waals surface area contributed by atoms with E-state index in [0.717, 1.165) is 18.4 Å². The molecule has 3 N–H and O–H groups in total. The molecule has 0 bridgehead atoms. The third-order valence-corrected chi connectivity index (χ3v) is 5.83. The number of nitrogens with one attached hydrogen (secondary N) is 3. The predicted octanol–water partition coefficient (Wildman–Crippen LogP) is 2.13. The topological polar surface area (TPSA) is 104 Å². The summed E-state index contributed by atoms with van der Waals surface area (Å²) in [6.45, 7) is 14.9. The first-order valence-electron chi connectivity index (χ1n) is 10.8. The summed E-state index contributed by atoms with van der Waals surface area (Å²) in [5.74, 6) is 0.0599. The second-order valence-corrected chi connectivity index (χ2v) is 8.58. The van der Waals surface area contributed by atoms with E-state index in [2.05, 4.69) is 29.1 Å². The van der Waals surface area contributed by atoms with Gasteiger partial charge in [-0.1, -0.05) is 45.1 Å². The van der Waals surface area contributed by atoms with Gasteiger partial charge in [0.05, 0.1) is 0 Å². The van der Waals surface area contributed by atoms with Crippen LogP contribution in [0.25, 0.3) is 0 Å². The fourth-order valence-corrected chi connectivity index (χ4v) is 4.21. The van der Waals surface area contributed by atoms with Gasteiger partial charge in [0.1, 0.15) is 12.8 Å². The van der Waals surface area contributed by atoms with Crippen molar-refractivity contribution in [2.24, 2.45) is 23.7 Å². The first-order chi connectivity index (χ1) is 14.3. The van der Waals surface area contributed by atoms with Crippen molar-refractivity contribution in [3.8, 4) is 0 Å². The lowest BCUT2D eigenvalue weighted by Gasteiger charge is -2.23. The average Bonchev–Trinajstić information content (AvgIpc) is 3.06. The third kappa shape index (κ3) is 7.76. The lowest BCUT2D eigenvalue weighted by molar-refractivity contribution is -0.131. The molecule has 0 aliphatic carbocycles. The van der Waals surface area contributed by atoms with Gasteiger partial charge in [-0.3, -0.25) is 14.4 Å². The van der Waals surface area contributed by atoms with Gasteiger partial charge in [-0.15, -0.1) is 0 Å². The van der Waals surface area contributed by atoms with Crippen LogP contribution in [0.1, 0.15) is 52.4 Å². The molecule has 0 aromatic rings. The largest absolute Gasteiger partial charge is 0.356 e. The molecule has 7 heteroatoms. The lowest BCUT2D eigenvalue weighted by Crippen LogP contribution is -2.49. The average molecular weight is 420 g/mol. The van der Waals surface area contributed by atoms with Gasteiger partial charge in [0.25, 0.3) is 0 Å². The molecule has 0 saturated carbocycles. The van der Waals surface area contributed by atoms with Crippen molar-refractivity contribution in [2.75, 3.05) is 13.1 Å². The highest BCUT2D eigenvalue weighted by Gasteiger charge is 2.35. The molecule has 0 radical (unpaired) electrons. The molecule has 2 rings (SSSR count). The van der Waals surface area contributed by atoms with Crippen LogP contribution in [-0.2, 0) is 19.2 Å². The second kappa shape index (κ2) is 13.0. The molecule has 2 saturated heterocycles. The quantitative estimate of drug-likeness (QED) is 0.594. The van der Waals surface area contributed by atoms with E-state index in [-0.39, 0.29) is 41.4 Å². The van der Waals surface area contributed by atoms with Crippen LogP contribution in [0.2, 0.25) is 0 Å². The van der Waals surface area contributed by atoms with E-state index in [9.17, 15) is 14.4 Å². The van der Waals surface area contributed by atoms with Crippen LogP contribution in [0.15, 0.2) is 24.8 Å². The van der Waals surface area contributed by atoms with Crippen LogP contribution < -0.4 is 16.0 Å². The molecule has 3 amide bonds. The highest BCUT2D eigenvalue weighted by molar-refractivity contribution is 5.88. The molecule has 2 heterocycles. The molecule has 30 heavy (non-hydrogen) atoms. The Hall–Kier alpha value is -2.44. The van der Waals surface area contributed by atoms with Gasteiger partial charge >= 0.3 is 0 Å². The van der Waals surface area contributed by atoms with Crippen molar-refractivity contribution in [1.29, 1.82) is 0 Å².